The topological polar surface area (TPSA) is 162 Å². The van der Waals surface area contributed by atoms with Crippen LogP contribution in [0.5, 0.6) is 0 Å². The zero-order valence-electron chi connectivity index (χ0n) is 22.0. The van der Waals surface area contributed by atoms with Crippen molar-refractivity contribution in [3.8, 4) is 0 Å². The van der Waals surface area contributed by atoms with Crippen LogP contribution < -0.4 is 0 Å². The average molecular weight is 598 g/mol. The third-order valence-corrected chi connectivity index (χ3v) is 9.68. The van der Waals surface area contributed by atoms with E-state index in [1.165, 1.54) is 0 Å². The smallest absolute Gasteiger partial charge is 0.364 e. The highest BCUT2D eigenvalue weighted by Crippen LogP contribution is 2.59. The summed E-state index contributed by atoms with van der Waals surface area (Å²) < 4.78 is 92.6. The van der Waals surface area contributed by atoms with Gasteiger partial charge < -0.3 is 23.5 Å². The van der Waals surface area contributed by atoms with Gasteiger partial charge >= 0.3 is 29.1 Å². The number of ether oxygens (including phenoxy) is 4. The molecular formula is C25H32F3O11S-. The molecule has 7 unspecified atom stereocenters. The highest BCUT2D eigenvalue weighted by molar-refractivity contribution is 7.86. The molecule has 0 N–H and O–H groups in total. The van der Waals surface area contributed by atoms with Gasteiger partial charge in [-0.15, -0.1) is 0 Å². The molecule has 0 radical (unpaired) electrons. The van der Waals surface area contributed by atoms with Crippen molar-refractivity contribution in [1.82, 2.24) is 0 Å². The number of carbonyl (C=O) groups excluding carboxylic acids is 4. The van der Waals surface area contributed by atoms with Crippen LogP contribution in [0.2, 0.25) is 0 Å². The maximum Gasteiger partial charge on any atom is 0.364 e. The van der Waals surface area contributed by atoms with Gasteiger partial charge in [-0.25, -0.2) is 12.8 Å². The van der Waals surface area contributed by atoms with Crippen molar-refractivity contribution in [3.05, 3.63) is 0 Å². The molecule has 3 saturated carbocycles. The molecule has 0 aromatic rings. The second-order valence-corrected chi connectivity index (χ2v) is 12.8. The maximum absolute atomic E-state index is 13.4. The van der Waals surface area contributed by atoms with Crippen molar-refractivity contribution in [2.75, 3.05) is 6.61 Å². The Morgan fingerprint density at radius 2 is 1.75 bits per heavy atom. The third-order valence-electron chi connectivity index (χ3n) is 8.76. The molecule has 0 aromatic heterocycles. The first-order valence-electron chi connectivity index (χ1n) is 13.3. The van der Waals surface area contributed by atoms with Crippen LogP contribution in [0.4, 0.5) is 13.2 Å². The predicted octanol–water partition coefficient (Wildman–Crippen LogP) is 2.41. The number of alkyl halides is 3. The highest BCUT2D eigenvalue weighted by Gasteiger charge is 2.70. The van der Waals surface area contributed by atoms with Gasteiger partial charge in [0.2, 0.25) is 0 Å². The Morgan fingerprint density at radius 3 is 2.35 bits per heavy atom. The SMILES string of the molecule is CC(C)C1(OC(=O)C2C3CC4C(OC(=O)C42)C3OC(=O)CCC(=O)OCCC(F)C(F)(F)S(=O)(=O)[O-])CCCC1. The lowest BCUT2D eigenvalue weighted by atomic mass is 9.78. The lowest BCUT2D eigenvalue weighted by molar-refractivity contribution is -0.178. The molecule has 4 fully saturated rings. The van der Waals surface area contributed by atoms with Gasteiger partial charge in [0.05, 0.1) is 31.3 Å². The zero-order valence-corrected chi connectivity index (χ0v) is 22.8. The summed E-state index contributed by atoms with van der Waals surface area (Å²) in [6.45, 7) is 3.02. The normalized spacial score (nSPS) is 31.2. The molecule has 4 rings (SSSR count). The summed E-state index contributed by atoms with van der Waals surface area (Å²) in [5.41, 5.74) is -0.603. The molecule has 1 heterocycles. The summed E-state index contributed by atoms with van der Waals surface area (Å²) in [6, 6.07) is 0. The van der Waals surface area contributed by atoms with Crippen molar-refractivity contribution in [2.45, 2.75) is 94.4 Å². The molecule has 15 heteroatoms. The Labute approximate surface area is 229 Å². The number of esters is 4. The van der Waals surface area contributed by atoms with Gasteiger partial charge in [-0.05, 0) is 38.0 Å². The van der Waals surface area contributed by atoms with Crippen molar-refractivity contribution < 1.29 is 64.3 Å². The summed E-state index contributed by atoms with van der Waals surface area (Å²) in [7, 11) is -6.24. The van der Waals surface area contributed by atoms with E-state index in [-0.39, 0.29) is 11.8 Å². The largest absolute Gasteiger partial charge is 0.743 e. The fraction of sp³-hybridized carbons (Fsp3) is 0.840. The second kappa shape index (κ2) is 11.1. The minimum Gasteiger partial charge on any atom is -0.743 e. The minimum atomic E-state index is -6.24. The Bertz CT molecular complexity index is 1130. The average Bonchev–Trinajstić information content (AvgIpc) is 3.60. The number of rotatable bonds is 12. The van der Waals surface area contributed by atoms with E-state index in [1.54, 1.807) is 0 Å². The molecule has 4 aliphatic rings. The van der Waals surface area contributed by atoms with Crippen LogP contribution in [-0.4, -0.2) is 72.7 Å². The Hall–Kier alpha value is -2.42. The fourth-order valence-electron chi connectivity index (χ4n) is 6.60. The number of hydrogen-bond donors (Lipinski definition) is 0. The Morgan fingerprint density at radius 1 is 1.12 bits per heavy atom. The van der Waals surface area contributed by atoms with Crippen molar-refractivity contribution >= 4 is 34.0 Å². The van der Waals surface area contributed by atoms with Gasteiger partial charge in [-0.2, -0.15) is 8.78 Å². The van der Waals surface area contributed by atoms with Crippen molar-refractivity contribution in [3.63, 3.8) is 0 Å². The van der Waals surface area contributed by atoms with Crippen LogP contribution in [0.25, 0.3) is 0 Å². The first-order chi connectivity index (χ1) is 18.6. The van der Waals surface area contributed by atoms with Crippen LogP contribution in [0, 0.1) is 29.6 Å². The highest BCUT2D eigenvalue weighted by atomic mass is 32.2. The minimum absolute atomic E-state index is 0.0844. The van der Waals surface area contributed by atoms with Gasteiger partial charge in [0.15, 0.2) is 16.3 Å². The van der Waals surface area contributed by atoms with Crippen LogP contribution >= 0.6 is 0 Å². The van der Waals surface area contributed by atoms with E-state index in [9.17, 15) is 45.3 Å². The van der Waals surface area contributed by atoms with Gasteiger partial charge in [0.25, 0.3) is 0 Å². The van der Waals surface area contributed by atoms with E-state index in [0.717, 1.165) is 25.7 Å². The molecule has 3 aliphatic carbocycles. The van der Waals surface area contributed by atoms with Gasteiger partial charge in [-0.3, -0.25) is 19.2 Å². The van der Waals surface area contributed by atoms with E-state index in [0.29, 0.717) is 6.42 Å². The van der Waals surface area contributed by atoms with Gasteiger partial charge in [0.1, 0.15) is 17.8 Å². The number of hydrogen-bond acceptors (Lipinski definition) is 11. The van der Waals surface area contributed by atoms with Gasteiger partial charge in [0, 0.05) is 18.3 Å². The maximum atomic E-state index is 13.4. The lowest BCUT2D eigenvalue weighted by Gasteiger charge is -2.37. The molecule has 0 amide bonds. The summed E-state index contributed by atoms with van der Waals surface area (Å²) in [4.78, 5) is 50.4. The molecule has 7 atom stereocenters. The van der Waals surface area contributed by atoms with Crippen LogP contribution in [0.3, 0.4) is 0 Å². The van der Waals surface area contributed by atoms with E-state index >= 15 is 0 Å². The first kappa shape index (κ1) is 30.5. The molecular weight excluding hydrogens is 565 g/mol. The molecule has 0 aromatic carbocycles. The fourth-order valence-corrected chi connectivity index (χ4v) is 7.03. The van der Waals surface area contributed by atoms with Crippen LogP contribution in [-0.2, 0) is 48.2 Å². The van der Waals surface area contributed by atoms with E-state index in [4.69, 9.17) is 14.2 Å². The van der Waals surface area contributed by atoms with E-state index in [1.807, 2.05) is 13.8 Å². The number of fused-ring (bicyclic) bond motifs is 1. The van der Waals surface area contributed by atoms with Crippen LogP contribution in [0.1, 0.15) is 65.2 Å². The number of halogens is 3. The molecule has 40 heavy (non-hydrogen) atoms. The van der Waals surface area contributed by atoms with E-state index in [2.05, 4.69) is 4.74 Å². The molecule has 1 aliphatic heterocycles. The molecule has 0 spiro atoms. The Balaban J connectivity index is 1.29. The summed E-state index contributed by atoms with van der Waals surface area (Å²) >= 11 is 0. The molecule has 1 saturated heterocycles. The van der Waals surface area contributed by atoms with Crippen molar-refractivity contribution in [1.29, 1.82) is 0 Å². The zero-order chi connectivity index (χ0) is 29.6. The third kappa shape index (κ3) is 5.55. The summed E-state index contributed by atoms with van der Waals surface area (Å²) in [5, 5.41) is -5.18. The van der Waals surface area contributed by atoms with E-state index < -0.39 is 107 Å². The molecule has 226 valence electrons. The predicted molar refractivity (Wildman–Crippen MR) is 125 cm³/mol. The standard InChI is InChI=1S/C25H33F3O11S/c1-12(2)24(8-3-4-9-24)39-23(32)19-14-11-13-18(19)22(31)38-21(13)20(14)37-17(30)6-5-16(29)36-10-7-15(26)25(27,28)40(33,34)35/h12-15,18-21H,3-11H2,1-2H3,(H,33,34,35)/p-1. The molecule has 2 bridgehead atoms. The lowest BCUT2D eigenvalue weighted by Crippen LogP contribution is -2.47. The number of carbonyl (C=O) groups is 4. The van der Waals surface area contributed by atoms with Crippen molar-refractivity contribution in [2.24, 2.45) is 29.6 Å². The summed E-state index contributed by atoms with van der Waals surface area (Å²) in [6.07, 6.45) is -3.57. The monoisotopic (exact) mass is 597 g/mol. The quantitative estimate of drug-likeness (QED) is 0.184. The molecule has 11 nitrogen and oxygen atoms in total. The summed E-state index contributed by atoms with van der Waals surface area (Å²) in [5.74, 6) is -5.17. The van der Waals surface area contributed by atoms with Crippen LogP contribution in [0.15, 0.2) is 0 Å². The Kier molecular flexibility index (Phi) is 8.48. The van der Waals surface area contributed by atoms with Gasteiger partial charge in [-0.1, -0.05) is 13.8 Å². The second-order valence-electron chi connectivity index (χ2n) is 11.3. The first-order valence-corrected chi connectivity index (χ1v) is 14.8.